The Kier molecular flexibility index (Phi) is 7.01. The van der Waals surface area contributed by atoms with Crippen molar-refractivity contribution in [3.63, 3.8) is 0 Å². The Morgan fingerprint density at radius 2 is 1.92 bits per heavy atom. The summed E-state index contributed by atoms with van der Waals surface area (Å²) in [4.78, 5) is 22.9. The van der Waals surface area contributed by atoms with E-state index >= 15 is 0 Å². The number of carboxylic acids is 1. The first kappa shape index (κ1) is 19.0. The molecule has 0 fully saturated rings. The standard InChI is InChI=1S/C18H22ClN3O3/c1-22-12-14(17(21-22)13-8-5-6-9-15(13)19)18(25)20-11-7-3-2-4-10-16(23)24/h5-6,8-9,12H,2-4,7,10-11H2,1H3,(H,20,25)(H,23,24). The van der Waals surface area contributed by atoms with Gasteiger partial charge in [-0.2, -0.15) is 5.10 Å². The van der Waals surface area contributed by atoms with Crippen LogP contribution in [0.3, 0.4) is 0 Å². The number of carbonyl (C=O) groups is 2. The van der Waals surface area contributed by atoms with E-state index in [0.717, 1.165) is 24.8 Å². The predicted octanol–water partition coefficient (Wildman–Crippen LogP) is 3.51. The maximum Gasteiger partial charge on any atom is 0.303 e. The van der Waals surface area contributed by atoms with E-state index in [9.17, 15) is 9.59 Å². The van der Waals surface area contributed by atoms with E-state index in [1.807, 2.05) is 18.2 Å². The van der Waals surface area contributed by atoms with Gasteiger partial charge in [-0.05, 0) is 18.9 Å². The SMILES string of the molecule is Cn1cc(C(=O)NCCCCCCC(=O)O)c(-c2ccccc2Cl)n1. The number of amides is 1. The fourth-order valence-corrected chi connectivity index (χ4v) is 2.78. The summed E-state index contributed by atoms with van der Waals surface area (Å²) < 4.78 is 1.60. The number of benzene rings is 1. The van der Waals surface area contributed by atoms with Crippen molar-refractivity contribution in [3.05, 3.63) is 41.0 Å². The fraction of sp³-hybridized carbons (Fsp3) is 0.389. The van der Waals surface area contributed by atoms with Crippen LogP contribution in [-0.2, 0) is 11.8 Å². The maximum absolute atomic E-state index is 12.5. The zero-order valence-corrected chi connectivity index (χ0v) is 14.9. The molecule has 6 nitrogen and oxygen atoms in total. The van der Waals surface area contributed by atoms with Crippen LogP contribution >= 0.6 is 11.6 Å². The van der Waals surface area contributed by atoms with Gasteiger partial charge in [0.05, 0.1) is 10.6 Å². The molecular formula is C18H22ClN3O3. The summed E-state index contributed by atoms with van der Waals surface area (Å²) in [5.74, 6) is -0.953. The van der Waals surface area contributed by atoms with Crippen molar-refractivity contribution in [1.29, 1.82) is 0 Å². The predicted molar refractivity (Wildman–Crippen MR) is 96.7 cm³/mol. The van der Waals surface area contributed by atoms with E-state index in [2.05, 4.69) is 10.4 Å². The van der Waals surface area contributed by atoms with Gasteiger partial charge in [0.1, 0.15) is 5.69 Å². The monoisotopic (exact) mass is 363 g/mol. The van der Waals surface area contributed by atoms with Crippen LogP contribution in [0.15, 0.2) is 30.5 Å². The zero-order chi connectivity index (χ0) is 18.2. The number of aryl methyl sites for hydroxylation is 1. The lowest BCUT2D eigenvalue weighted by Crippen LogP contribution is -2.24. The topological polar surface area (TPSA) is 84.2 Å². The van der Waals surface area contributed by atoms with Gasteiger partial charge in [-0.25, -0.2) is 0 Å². The van der Waals surface area contributed by atoms with Crippen molar-refractivity contribution in [3.8, 4) is 11.3 Å². The molecule has 2 N–H and O–H groups in total. The van der Waals surface area contributed by atoms with Gasteiger partial charge in [0, 0.05) is 31.8 Å². The Morgan fingerprint density at radius 1 is 1.20 bits per heavy atom. The third-order valence-electron chi connectivity index (χ3n) is 3.81. The molecule has 2 aromatic rings. The van der Waals surface area contributed by atoms with E-state index in [1.165, 1.54) is 0 Å². The molecule has 0 bridgehead atoms. The second-order valence-electron chi connectivity index (χ2n) is 5.86. The Labute approximate surface area is 151 Å². The summed E-state index contributed by atoms with van der Waals surface area (Å²) in [5, 5.41) is 16.4. The lowest BCUT2D eigenvalue weighted by atomic mass is 10.1. The summed E-state index contributed by atoms with van der Waals surface area (Å²) in [6.07, 6.45) is 5.09. The molecule has 0 saturated carbocycles. The number of unbranched alkanes of at least 4 members (excludes halogenated alkanes) is 3. The minimum absolute atomic E-state index is 0.187. The average molecular weight is 364 g/mol. The number of nitrogens with one attached hydrogen (secondary N) is 1. The normalized spacial score (nSPS) is 10.6. The summed E-state index contributed by atoms with van der Waals surface area (Å²) in [6, 6.07) is 7.29. The van der Waals surface area contributed by atoms with Gasteiger partial charge in [-0.15, -0.1) is 0 Å². The number of halogens is 1. The minimum atomic E-state index is -0.767. The first-order chi connectivity index (χ1) is 12.0. The largest absolute Gasteiger partial charge is 0.481 e. The third kappa shape index (κ3) is 5.60. The number of nitrogens with zero attached hydrogens (tertiary/aromatic N) is 2. The summed E-state index contributed by atoms with van der Waals surface area (Å²) >= 11 is 6.22. The Bertz CT molecular complexity index is 743. The zero-order valence-electron chi connectivity index (χ0n) is 14.2. The molecule has 0 unspecified atom stereocenters. The summed E-state index contributed by atoms with van der Waals surface area (Å²) in [6.45, 7) is 0.544. The quantitative estimate of drug-likeness (QED) is 0.668. The van der Waals surface area contributed by atoms with E-state index in [1.54, 1.807) is 24.0 Å². The van der Waals surface area contributed by atoms with Crippen LogP contribution in [0, 0.1) is 0 Å². The lowest BCUT2D eigenvalue weighted by Gasteiger charge is -2.06. The van der Waals surface area contributed by atoms with Crippen molar-refractivity contribution < 1.29 is 14.7 Å². The molecule has 0 aliphatic heterocycles. The number of carboxylic acid groups (broad SMARTS) is 1. The van der Waals surface area contributed by atoms with Crippen molar-refractivity contribution in [2.24, 2.45) is 7.05 Å². The highest BCUT2D eigenvalue weighted by atomic mass is 35.5. The molecular weight excluding hydrogens is 342 g/mol. The van der Waals surface area contributed by atoms with Gasteiger partial charge < -0.3 is 10.4 Å². The molecule has 1 amide bonds. The molecule has 1 aromatic carbocycles. The third-order valence-corrected chi connectivity index (χ3v) is 4.13. The van der Waals surface area contributed by atoms with Crippen molar-refractivity contribution in [1.82, 2.24) is 15.1 Å². The van der Waals surface area contributed by atoms with Gasteiger partial charge in [-0.1, -0.05) is 42.6 Å². The molecule has 134 valence electrons. The van der Waals surface area contributed by atoms with Crippen LogP contribution in [0.2, 0.25) is 5.02 Å². The molecule has 25 heavy (non-hydrogen) atoms. The van der Waals surface area contributed by atoms with Gasteiger partial charge in [0.25, 0.3) is 5.91 Å². The number of aliphatic carboxylic acids is 1. The van der Waals surface area contributed by atoms with Crippen LogP contribution < -0.4 is 5.32 Å². The first-order valence-electron chi connectivity index (χ1n) is 8.27. The molecule has 0 aliphatic rings. The van der Waals surface area contributed by atoms with E-state index in [4.69, 9.17) is 16.7 Å². The number of carbonyl (C=O) groups excluding carboxylic acids is 1. The molecule has 2 rings (SSSR count). The number of hydrogen-bond donors (Lipinski definition) is 2. The van der Waals surface area contributed by atoms with Gasteiger partial charge in [0.2, 0.25) is 0 Å². The van der Waals surface area contributed by atoms with E-state index in [0.29, 0.717) is 29.2 Å². The second-order valence-corrected chi connectivity index (χ2v) is 6.27. The highest BCUT2D eigenvalue weighted by Crippen LogP contribution is 2.28. The van der Waals surface area contributed by atoms with Gasteiger partial charge in [0.15, 0.2) is 0 Å². The summed E-state index contributed by atoms with van der Waals surface area (Å²) in [7, 11) is 1.76. The van der Waals surface area contributed by atoms with E-state index in [-0.39, 0.29) is 12.3 Å². The Balaban J connectivity index is 1.90. The van der Waals surface area contributed by atoms with Crippen molar-refractivity contribution in [2.75, 3.05) is 6.54 Å². The van der Waals surface area contributed by atoms with Crippen molar-refractivity contribution >= 4 is 23.5 Å². The molecule has 7 heteroatoms. The minimum Gasteiger partial charge on any atom is -0.481 e. The molecule has 0 aliphatic carbocycles. The van der Waals surface area contributed by atoms with Gasteiger partial charge in [-0.3, -0.25) is 14.3 Å². The van der Waals surface area contributed by atoms with Gasteiger partial charge >= 0.3 is 5.97 Å². The lowest BCUT2D eigenvalue weighted by molar-refractivity contribution is -0.137. The van der Waals surface area contributed by atoms with Crippen LogP contribution in [0.25, 0.3) is 11.3 Å². The smallest absolute Gasteiger partial charge is 0.303 e. The number of aromatic nitrogens is 2. The van der Waals surface area contributed by atoms with Crippen LogP contribution in [0.1, 0.15) is 42.5 Å². The molecule has 0 spiro atoms. The first-order valence-corrected chi connectivity index (χ1v) is 8.65. The molecule has 0 atom stereocenters. The Morgan fingerprint density at radius 3 is 2.64 bits per heavy atom. The fourth-order valence-electron chi connectivity index (χ4n) is 2.56. The number of rotatable bonds is 9. The van der Waals surface area contributed by atoms with Crippen LogP contribution in [0.5, 0.6) is 0 Å². The maximum atomic E-state index is 12.5. The molecule has 0 radical (unpaired) electrons. The molecule has 0 saturated heterocycles. The Hall–Kier alpha value is -2.34. The second kappa shape index (κ2) is 9.22. The average Bonchev–Trinajstić information content (AvgIpc) is 2.95. The highest BCUT2D eigenvalue weighted by Gasteiger charge is 2.18. The van der Waals surface area contributed by atoms with Crippen LogP contribution in [0.4, 0.5) is 0 Å². The molecule has 1 heterocycles. The van der Waals surface area contributed by atoms with E-state index < -0.39 is 5.97 Å². The highest BCUT2D eigenvalue weighted by molar-refractivity contribution is 6.33. The van der Waals surface area contributed by atoms with Crippen molar-refractivity contribution in [2.45, 2.75) is 32.1 Å². The molecule has 1 aromatic heterocycles. The number of hydrogen-bond acceptors (Lipinski definition) is 3. The summed E-state index contributed by atoms with van der Waals surface area (Å²) in [5.41, 5.74) is 1.78. The van der Waals surface area contributed by atoms with Crippen LogP contribution in [-0.4, -0.2) is 33.3 Å².